The Labute approximate surface area is 163 Å². The molecule has 0 unspecified atom stereocenters. The standard InChI is InChI=1S/C16H24N4S2.HI/c1-5-17-16(19-9-14-7-6-12(4)22-14)18-8-13-10-21-15(20-13)11(2)3;/h6-7,10-11H,5,8-9H2,1-4H3,(H2,17,18,19);1H. The number of aromatic nitrogens is 1. The van der Waals surface area contributed by atoms with Crippen molar-refractivity contribution in [1.29, 1.82) is 0 Å². The quantitative estimate of drug-likeness (QED) is 0.376. The summed E-state index contributed by atoms with van der Waals surface area (Å²) in [5.41, 5.74) is 1.04. The van der Waals surface area contributed by atoms with Crippen LogP contribution in [-0.4, -0.2) is 17.5 Å². The van der Waals surface area contributed by atoms with Gasteiger partial charge < -0.3 is 10.6 Å². The lowest BCUT2D eigenvalue weighted by Crippen LogP contribution is -2.36. The molecule has 2 aromatic rings. The van der Waals surface area contributed by atoms with Gasteiger partial charge in [0.15, 0.2) is 5.96 Å². The summed E-state index contributed by atoms with van der Waals surface area (Å²) in [4.78, 5) is 11.9. The summed E-state index contributed by atoms with van der Waals surface area (Å²) in [5.74, 6) is 1.32. The van der Waals surface area contributed by atoms with Gasteiger partial charge in [0.1, 0.15) is 0 Å². The van der Waals surface area contributed by atoms with Crippen LogP contribution in [-0.2, 0) is 13.1 Å². The van der Waals surface area contributed by atoms with E-state index in [1.165, 1.54) is 14.8 Å². The van der Waals surface area contributed by atoms with Crippen LogP contribution in [0.3, 0.4) is 0 Å². The Morgan fingerprint density at radius 1 is 1.30 bits per heavy atom. The third-order valence-electron chi connectivity index (χ3n) is 3.03. The largest absolute Gasteiger partial charge is 0.357 e. The van der Waals surface area contributed by atoms with Gasteiger partial charge in [0.05, 0.1) is 23.8 Å². The van der Waals surface area contributed by atoms with Crippen molar-refractivity contribution in [3.63, 3.8) is 0 Å². The molecule has 2 rings (SSSR count). The van der Waals surface area contributed by atoms with E-state index in [1.807, 2.05) is 11.3 Å². The summed E-state index contributed by atoms with van der Waals surface area (Å²) in [7, 11) is 0. The van der Waals surface area contributed by atoms with Gasteiger partial charge >= 0.3 is 0 Å². The van der Waals surface area contributed by atoms with Crippen LogP contribution in [0.5, 0.6) is 0 Å². The second-order valence-corrected chi connectivity index (χ2v) is 7.65. The van der Waals surface area contributed by atoms with E-state index in [0.29, 0.717) is 12.5 Å². The molecule has 2 aromatic heterocycles. The first-order valence-electron chi connectivity index (χ1n) is 7.60. The number of aliphatic imine (C=N–C) groups is 1. The minimum atomic E-state index is 0. The van der Waals surface area contributed by atoms with Crippen molar-refractivity contribution in [2.75, 3.05) is 6.54 Å². The number of nitrogens with zero attached hydrogens (tertiary/aromatic N) is 2. The van der Waals surface area contributed by atoms with Gasteiger partial charge in [0, 0.05) is 27.6 Å². The molecule has 0 amide bonds. The first kappa shape index (κ1) is 20.4. The minimum Gasteiger partial charge on any atom is -0.357 e. The Morgan fingerprint density at radius 2 is 2.09 bits per heavy atom. The van der Waals surface area contributed by atoms with Gasteiger partial charge in [-0.05, 0) is 26.0 Å². The van der Waals surface area contributed by atoms with E-state index in [1.54, 1.807) is 11.3 Å². The lowest BCUT2D eigenvalue weighted by atomic mass is 10.2. The molecule has 4 nitrogen and oxygen atoms in total. The summed E-state index contributed by atoms with van der Waals surface area (Å²) < 4.78 is 0. The predicted octanol–water partition coefficient (Wildman–Crippen LogP) is 4.51. The molecule has 0 aliphatic heterocycles. The van der Waals surface area contributed by atoms with E-state index in [4.69, 9.17) is 0 Å². The van der Waals surface area contributed by atoms with Crippen LogP contribution in [0.25, 0.3) is 0 Å². The minimum absolute atomic E-state index is 0. The summed E-state index contributed by atoms with van der Waals surface area (Å²) >= 11 is 3.53. The summed E-state index contributed by atoms with van der Waals surface area (Å²) in [6.07, 6.45) is 0. The number of hydrogen-bond acceptors (Lipinski definition) is 4. The van der Waals surface area contributed by atoms with Crippen LogP contribution in [0, 0.1) is 6.92 Å². The van der Waals surface area contributed by atoms with E-state index in [2.05, 4.69) is 65.8 Å². The molecular weight excluding hydrogens is 439 g/mol. The molecule has 7 heteroatoms. The van der Waals surface area contributed by atoms with Crippen molar-refractivity contribution in [1.82, 2.24) is 15.6 Å². The highest BCUT2D eigenvalue weighted by molar-refractivity contribution is 14.0. The highest BCUT2D eigenvalue weighted by atomic mass is 127. The van der Waals surface area contributed by atoms with Crippen LogP contribution < -0.4 is 10.6 Å². The molecule has 0 aliphatic carbocycles. The molecule has 0 radical (unpaired) electrons. The summed E-state index contributed by atoms with van der Waals surface area (Å²) in [6.45, 7) is 10.8. The van der Waals surface area contributed by atoms with Crippen LogP contribution in [0.15, 0.2) is 22.5 Å². The topological polar surface area (TPSA) is 49.3 Å². The van der Waals surface area contributed by atoms with Gasteiger partial charge in [0.2, 0.25) is 0 Å². The molecule has 0 atom stereocenters. The van der Waals surface area contributed by atoms with Crippen LogP contribution in [0.4, 0.5) is 0 Å². The Morgan fingerprint density at radius 3 is 2.65 bits per heavy atom. The van der Waals surface area contributed by atoms with Crippen molar-refractivity contribution in [3.8, 4) is 0 Å². The van der Waals surface area contributed by atoms with Gasteiger partial charge in [-0.25, -0.2) is 9.98 Å². The van der Waals surface area contributed by atoms with E-state index < -0.39 is 0 Å². The highest BCUT2D eigenvalue weighted by Crippen LogP contribution is 2.19. The lowest BCUT2D eigenvalue weighted by Gasteiger charge is -2.10. The third kappa shape index (κ3) is 6.76. The molecule has 23 heavy (non-hydrogen) atoms. The molecule has 0 saturated carbocycles. The van der Waals surface area contributed by atoms with Crippen LogP contribution in [0.1, 0.15) is 47.1 Å². The third-order valence-corrected chi connectivity index (χ3v) is 5.23. The van der Waals surface area contributed by atoms with E-state index >= 15 is 0 Å². The molecule has 0 fully saturated rings. The van der Waals surface area contributed by atoms with Gasteiger partial charge in [-0.2, -0.15) is 0 Å². The van der Waals surface area contributed by atoms with Gasteiger partial charge in [-0.1, -0.05) is 13.8 Å². The van der Waals surface area contributed by atoms with Gasteiger partial charge in [-0.3, -0.25) is 0 Å². The number of aryl methyl sites for hydroxylation is 1. The number of hydrogen-bond donors (Lipinski definition) is 2. The zero-order valence-corrected chi connectivity index (χ0v) is 18.0. The maximum absolute atomic E-state index is 4.62. The fraction of sp³-hybridized carbons (Fsp3) is 0.500. The number of halogens is 1. The summed E-state index contributed by atoms with van der Waals surface area (Å²) in [5, 5.41) is 9.93. The van der Waals surface area contributed by atoms with Crippen molar-refractivity contribution in [3.05, 3.63) is 38.0 Å². The molecule has 2 N–H and O–H groups in total. The molecule has 2 heterocycles. The van der Waals surface area contributed by atoms with E-state index in [-0.39, 0.29) is 24.0 Å². The fourth-order valence-corrected chi connectivity index (χ4v) is 3.57. The second kappa shape index (κ2) is 10.2. The number of thiophene rings is 1. The van der Waals surface area contributed by atoms with E-state index in [0.717, 1.165) is 24.7 Å². The Hall–Kier alpha value is -0.670. The molecule has 0 bridgehead atoms. The average Bonchev–Trinajstić information content (AvgIpc) is 3.11. The second-order valence-electron chi connectivity index (χ2n) is 5.39. The first-order valence-corrected chi connectivity index (χ1v) is 9.30. The molecular formula is C16H25IN4S2. The SMILES string of the molecule is CCNC(=NCc1csc(C(C)C)n1)NCc1ccc(C)s1.I. The smallest absolute Gasteiger partial charge is 0.191 e. The van der Waals surface area contributed by atoms with Crippen LogP contribution in [0.2, 0.25) is 0 Å². The Bertz CT molecular complexity index is 619. The number of thiazole rings is 1. The van der Waals surface area contributed by atoms with Gasteiger partial charge in [-0.15, -0.1) is 46.7 Å². The summed E-state index contributed by atoms with van der Waals surface area (Å²) in [6, 6.07) is 4.31. The highest BCUT2D eigenvalue weighted by Gasteiger charge is 2.06. The maximum atomic E-state index is 4.62. The van der Waals surface area contributed by atoms with Gasteiger partial charge in [0.25, 0.3) is 0 Å². The first-order chi connectivity index (χ1) is 10.6. The fourth-order valence-electron chi connectivity index (χ4n) is 1.91. The molecule has 0 saturated heterocycles. The number of guanidine groups is 1. The zero-order chi connectivity index (χ0) is 15.9. The molecule has 0 spiro atoms. The predicted molar refractivity (Wildman–Crippen MR) is 112 cm³/mol. The normalized spacial score (nSPS) is 11.4. The van der Waals surface area contributed by atoms with Crippen molar-refractivity contribution >= 4 is 52.6 Å². The Balaban J connectivity index is 0.00000264. The monoisotopic (exact) mass is 464 g/mol. The number of rotatable bonds is 6. The lowest BCUT2D eigenvalue weighted by molar-refractivity contribution is 0.810. The molecule has 0 aliphatic rings. The molecule has 0 aromatic carbocycles. The average molecular weight is 464 g/mol. The maximum Gasteiger partial charge on any atom is 0.191 e. The zero-order valence-electron chi connectivity index (χ0n) is 14.0. The Kier molecular flexibility index (Phi) is 9.08. The van der Waals surface area contributed by atoms with Crippen LogP contribution >= 0.6 is 46.7 Å². The van der Waals surface area contributed by atoms with Crippen molar-refractivity contribution in [2.45, 2.75) is 46.7 Å². The molecule has 128 valence electrons. The van der Waals surface area contributed by atoms with E-state index in [9.17, 15) is 0 Å². The number of nitrogens with one attached hydrogen (secondary N) is 2. The van der Waals surface area contributed by atoms with Crippen molar-refractivity contribution in [2.24, 2.45) is 4.99 Å². The van der Waals surface area contributed by atoms with Crippen molar-refractivity contribution < 1.29 is 0 Å².